The van der Waals surface area contributed by atoms with Gasteiger partial charge in [-0.3, -0.25) is 4.79 Å². The first-order valence-electron chi connectivity index (χ1n) is 10.0. The van der Waals surface area contributed by atoms with E-state index in [1.165, 1.54) is 0 Å². The number of fused-ring (bicyclic) bond motifs is 2. The van der Waals surface area contributed by atoms with Gasteiger partial charge in [-0.2, -0.15) is 8.42 Å². The number of hydrogen-bond donors (Lipinski definition) is 0. The van der Waals surface area contributed by atoms with Gasteiger partial charge in [0, 0.05) is 34.4 Å². The van der Waals surface area contributed by atoms with Gasteiger partial charge in [0.05, 0.1) is 5.92 Å². The summed E-state index contributed by atoms with van der Waals surface area (Å²) in [6.45, 7) is 1.06. The van der Waals surface area contributed by atoms with Crippen molar-refractivity contribution in [3.05, 3.63) is 71.2 Å². The standard InChI is InChI=1S/C23H19ClN2O4S/c24-19-9-10-20(17-6-2-1-5-16(17)19)30-23(27)15-11-13-26(14-12-15)22-18-7-3-4-8-21(18)31(28,29)25-22/h1-10,15H,11-14H2. The number of rotatable bonds is 2. The Hall–Kier alpha value is -2.90. The minimum absolute atomic E-state index is 0.237. The van der Waals surface area contributed by atoms with Crippen LogP contribution in [0.2, 0.25) is 5.02 Å². The second-order valence-electron chi connectivity index (χ2n) is 7.66. The van der Waals surface area contributed by atoms with E-state index in [4.69, 9.17) is 16.3 Å². The highest BCUT2D eigenvalue weighted by atomic mass is 35.5. The van der Waals surface area contributed by atoms with Crippen molar-refractivity contribution < 1.29 is 17.9 Å². The summed E-state index contributed by atoms with van der Waals surface area (Å²) >= 11 is 6.25. The molecule has 0 bridgehead atoms. The third-order valence-corrected chi connectivity index (χ3v) is 7.44. The highest BCUT2D eigenvalue weighted by Crippen LogP contribution is 2.33. The van der Waals surface area contributed by atoms with Crippen LogP contribution in [0.5, 0.6) is 5.75 Å². The molecule has 2 aliphatic rings. The van der Waals surface area contributed by atoms with Crippen molar-refractivity contribution in [2.24, 2.45) is 10.3 Å². The first-order valence-corrected chi connectivity index (χ1v) is 11.8. The molecule has 0 saturated carbocycles. The summed E-state index contributed by atoms with van der Waals surface area (Å²) in [5.41, 5.74) is 0.621. The molecule has 5 rings (SSSR count). The highest BCUT2D eigenvalue weighted by molar-refractivity contribution is 7.90. The lowest BCUT2D eigenvalue weighted by molar-refractivity contribution is -0.140. The van der Waals surface area contributed by atoms with Gasteiger partial charge in [-0.25, -0.2) is 0 Å². The van der Waals surface area contributed by atoms with Gasteiger partial charge in [0.1, 0.15) is 10.6 Å². The van der Waals surface area contributed by atoms with Crippen molar-refractivity contribution in [2.75, 3.05) is 13.1 Å². The maximum atomic E-state index is 12.8. The van der Waals surface area contributed by atoms with Crippen LogP contribution in [0.15, 0.2) is 70.0 Å². The van der Waals surface area contributed by atoms with Gasteiger partial charge in [0.25, 0.3) is 10.0 Å². The molecule has 0 unspecified atom stereocenters. The Balaban J connectivity index is 1.30. The smallest absolute Gasteiger partial charge is 0.314 e. The van der Waals surface area contributed by atoms with E-state index in [0.717, 1.165) is 10.8 Å². The molecule has 31 heavy (non-hydrogen) atoms. The molecule has 1 saturated heterocycles. The van der Waals surface area contributed by atoms with E-state index >= 15 is 0 Å². The third kappa shape index (κ3) is 3.58. The number of nitrogens with zero attached hydrogens (tertiary/aromatic N) is 2. The summed E-state index contributed by atoms with van der Waals surface area (Å²) in [5, 5.41) is 2.24. The van der Waals surface area contributed by atoms with Gasteiger partial charge in [-0.15, -0.1) is 4.40 Å². The fraction of sp³-hybridized carbons (Fsp3) is 0.217. The predicted octanol–water partition coefficient (Wildman–Crippen LogP) is 4.26. The molecule has 0 atom stereocenters. The average molecular weight is 455 g/mol. The number of likely N-dealkylation sites (tertiary alicyclic amines) is 1. The first-order chi connectivity index (χ1) is 14.9. The molecule has 3 aromatic carbocycles. The number of sulfonamides is 1. The number of esters is 1. The fourth-order valence-corrected chi connectivity index (χ4v) is 5.61. The minimum Gasteiger partial charge on any atom is -0.426 e. The van der Waals surface area contributed by atoms with Crippen LogP contribution in [-0.4, -0.2) is 38.2 Å². The molecule has 2 heterocycles. The van der Waals surface area contributed by atoms with Gasteiger partial charge in [0.2, 0.25) is 0 Å². The Morgan fingerprint density at radius 2 is 1.65 bits per heavy atom. The van der Waals surface area contributed by atoms with Gasteiger partial charge < -0.3 is 9.64 Å². The Bertz CT molecular complexity index is 1330. The van der Waals surface area contributed by atoms with Crippen molar-refractivity contribution in [3.8, 4) is 5.75 Å². The Labute approximate surface area is 185 Å². The number of piperidine rings is 1. The van der Waals surface area contributed by atoms with Crippen LogP contribution >= 0.6 is 11.6 Å². The number of benzene rings is 3. The number of hydrogen-bond acceptors (Lipinski definition) is 5. The lowest BCUT2D eigenvalue weighted by atomic mass is 9.96. The highest BCUT2D eigenvalue weighted by Gasteiger charge is 2.35. The summed E-state index contributed by atoms with van der Waals surface area (Å²) in [7, 11) is -3.66. The molecule has 158 valence electrons. The van der Waals surface area contributed by atoms with Gasteiger partial charge >= 0.3 is 5.97 Å². The summed E-state index contributed by atoms with van der Waals surface area (Å²) in [4.78, 5) is 15.0. The zero-order chi connectivity index (χ0) is 21.6. The molecule has 8 heteroatoms. The quantitative estimate of drug-likeness (QED) is 0.427. The lowest BCUT2D eigenvalue weighted by Gasteiger charge is -2.32. The van der Waals surface area contributed by atoms with Crippen LogP contribution in [0.25, 0.3) is 10.8 Å². The molecule has 1 fully saturated rings. The molecule has 0 spiro atoms. The summed E-state index contributed by atoms with van der Waals surface area (Å²) in [6.07, 6.45) is 1.12. The zero-order valence-corrected chi connectivity index (χ0v) is 18.1. The van der Waals surface area contributed by atoms with Crippen molar-refractivity contribution >= 4 is 44.2 Å². The third-order valence-electron chi connectivity index (χ3n) is 5.78. The largest absolute Gasteiger partial charge is 0.426 e. The summed E-state index contributed by atoms with van der Waals surface area (Å²) in [6, 6.07) is 17.8. The first kappa shape index (κ1) is 20.0. The van der Waals surface area contributed by atoms with Gasteiger partial charge in [0.15, 0.2) is 5.84 Å². The molecule has 0 amide bonds. The zero-order valence-electron chi connectivity index (χ0n) is 16.5. The second kappa shape index (κ2) is 7.66. The number of carbonyl (C=O) groups is 1. The topological polar surface area (TPSA) is 76.0 Å². The van der Waals surface area contributed by atoms with Crippen LogP contribution in [0, 0.1) is 5.92 Å². The second-order valence-corrected chi connectivity index (χ2v) is 9.64. The maximum absolute atomic E-state index is 12.8. The molecule has 0 aromatic heterocycles. The minimum atomic E-state index is -3.66. The number of carbonyl (C=O) groups excluding carboxylic acids is 1. The van der Waals surface area contributed by atoms with Crippen LogP contribution in [0.4, 0.5) is 0 Å². The molecule has 2 aliphatic heterocycles. The van der Waals surface area contributed by atoms with Crippen LogP contribution in [0.1, 0.15) is 18.4 Å². The van der Waals surface area contributed by atoms with E-state index in [0.29, 0.717) is 48.1 Å². The van der Waals surface area contributed by atoms with Crippen LogP contribution in [0.3, 0.4) is 0 Å². The van der Waals surface area contributed by atoms with Crippen molar-refractivity contribution in [1.82, 2.24) is 4.90 Å². The molecular formula is C23H19ClN2O4S. The SMILES string of the molecule is O=C(Oc1ccc(Cl)c2ccccc12)C1CCN(C2=NS(=O)(=O)c3ccccc32)CC1. The van der Waals surface area contributed by atoms with E-state index < -0.39 is 10.0 Å². The normalized spacial score (nSPS) is 18.0. The molecular weight excluding hydrogens is 436 g/mol. The van der Waals surface area contributed by atoms with E-state index in [1.807, 2.05) is 29.2 Å². The van der Waals surface area contributed by atoms with E-state index in [1.54, 1.807) is 36.4 Å². The van der Waals surface area contributed by atoms with Crippen molar-refractivity contribution in [3.63, 3.8) is 0 Å². The Kier molecular flexibility index (Phi) is 4.95. The number of halogens is 1. The molecule has 0 aliphatic carbocycles. The number of amidine groups is 1. The van der Waals surface area contributed by atoms with E-state index in [-0.39, 0.29) is 16.8 Å². The molecule has 0 N–H and O–H groups in total. The van der Waals surface area contributed by atoms with Gasteiger partial charge in [-0.05, 0) is 37.1 Å². The summed E-state index contributed by atoms with van der Waals surface area (Å²) in [5.74, 6) is 0.409. The van der Waals surface area contributed by atoms with Gasteiger partial charge in [-0.1, -0.05) is 48.0 Å². The molecule has 6 nitrogen and oxygen atoms in total. The molecule has 3 aromatic rings. The Morgan fingerprint density at radius 1 is 0.968 bits per heavy atom. The Morgan fingerprint density at radius 3 is 2.42 bits per heavy atom. The predicted molar refractivity (Wildman–Crippen MR) is 119 cm³/mol. The van der Waals surface area contributed by atoms with E-state index in [9.17, 15) is 13.2 Å². The maximum Gasteiger partial charge on any atom is 0.314 e. The summed E-state index contributed by atoms with van der Waals surface area (Å²) < 4.78 is 34.3. The number of ether oxygens (including phenoxy) is 1. The fourth-order valence-electron chi connectivity index (χ4n) is 4.16. The van der Waals surface area contributed by atoms with Crippen LogP contribution in [-0.2, 0) is 14.8 Å². The van der Waals surface area contributed by atoms with Crippen molar-refractivity contribution in [1.29, 1.82) is 0 Å². The van der Waals surface area contributed by atoms with Crippen LogP contribution < -0.4 is 4.74 Å². The lowest BCUT2D eigenvalue weighted by Crippen LogP contribution is -2.41. The molecule has 0 radical (unpaired) electrons. The monoisotopic (exact) mass is 454 g/mol. The van der Waals surface area contributed by atoms with E-state index in [2.05, 4.69) is 4.40 Å². The van der Waals surface area contributed by atoms with Crippen molar-refractivity contribution in [2.45, 2.75) is 17.7 Å². The average Bonchev–Trinajstić information content (AvgIpc) is 3.07.